The number of furan rings is 1. The van der Waals surface area contributed by atoms with Crippen LogP contribution in [0, 0.1) is 32.1 Å². The monoisotopic (exact) mass is 340 g/mol. The summed E-state index contributed by atoms with van der Waals surface area (Å²) < 4.78 is 10.6. The zero-order valence-corrected chi connectivity index (χ0v) is 14.7. The number of anilines is 1. The molecule has 1 aromatic heterocycles. The van der Waals surface area contributed by atoms with Crippen LogP contribution in [0.25, 0.3) is 0 Å². The summed E-state index contributed by atoms with van der Waals surface area (Å²) >= 11 is 0. The topological polar surface area (TPSA) is 92.3 Å². The van der Waals surface area contributed by atoms with E-state index in [2.05, 4.69) is 5.32 Å². The van der Waals surface area contributed by atoms with Gasteiger partial charge in [-0.3, -0.25) is 14.9 Å². The van der Waals surface area contributed by atoms with Gasteiger partial charge in [-0.15, -0.1) is 0 Å². The van der Waals surface area contributed by atoms with Gasteiger partial charge in [-0.1, -0.05) is 11.6 Å². The fourth-order valence-corrected chi connectivity index (χ4v) is 2.44. The van der Waals surface area contributed by atoms with Crippen molar-refractivity contribution >= 4 is 17.6 Å². The molecule has 0 bridgehead atoms. The van der Waals surface area contributed by atoms with Crippen LogP contribution in [-0.2, 0) is 4.79 Å². The zero-order chi connectivity index (χ0) is 18.6. The summed E-state index contributed by atoms with van der Waals surface area (Å²) in [5.41, 5.74) is 2.39. The maximum Gasteiger partial charge on any atom is 0.227 e. The summed E-state index contributed by atoms with van der Waals surface area (Å²) in [5, 5.41) is 11.7. The van der Waals surface area contributed by atoms with E-state index >= 15 is 0 Å². The first-order chi connectivity index (χ1) is 11.9. The number of nitrogens with one attached hydrogen (secondary N) is 1. The molecule has 0 aliphatic rings. The number of aryl methyl sites for hydroxylation is 2. The van der Waals surface area contributed by atoms with Crippen molar-refractivity contribution < 1.29 is 18.7 Å². The van der Waals surface area contributed by atoms with Gasteiger partial charge >= 0.3 is 0 Å². The number of rotatable bonds is 6. The van der Waals surface area contributed by atoms with Crippen molar-refractivity contribution in [3.63, 3.8) is 0 Å². The lowest BCUT2D eigenvalue weighted by molar-refractivity contribution is -0.116. The second kappa shape index (κ2) is 7.67. The molecule has 1 N–H and O–H groups in total. The van der Waals surface area contributed by atoms with Gasteiger partial charge in [0.1, 0.15) is 23.1 Å². The Bertz CT molecular complexity index is 859. The summed E-state index contributed by atoms with van der Waals surface area (Å²) in [4.78, 5) is 24.5. The number of Topliss-reactive ketones (excluding diaryl/α,β-unsaturated/α-hetero) is 1. The van der Waals surface area contributed by atoms with Gasteiger partial charge in [0.2, 0.25) is 11.8 Å². The molecular formula is C19H20N2O4. The lowest BCUT2D eigenvalue weighted by atomic mass is 10.0. The van der Waals surface area contributed by atoms with Gasteiger partial charge in [-0.25, -0.2) is 0 Å². The number of nitrogens with zero attached hydrogens (tertiary/aromatic N) is 1. The molecule has 6 nitrogen and oxygen atoms in total. The molecule has 0 atom stereocenters. The third kappa shape index (κ3) is 4.07. The predicted octanol–water partition coefficient (Wildman–Crippen LogP) is 3.69. The molecule has 0 spiro atoms. The second-order valence-corrected chi connectivity index (χ2v) is 5.77. The summed E-state index contributed by atoms with van der Waals surface area (Å²) in [6, 6.07) is 7.34. The number of hydrogen-bond donors (Lipinski definition) is 1. The van der Waals surface area contributed by atoms with Gasteiger partial charge in [-0.2, -0.15) is 5.26 Å². The minimum Gasteiger partial charge on any atom is -0.496 e. The molecule has 1 heterocycles. The minimum atomic E-state index is -0.384. The first kappa shape index (κ1) is 18.3. The lowest BCUT2D eigenvalue weighted by Gasteiger charge is -2.08. The molecule has 6 heteroatoms. The molecule has 130 valence electrons. The lowest BCUT2D eigenvalue weighted by Crippen LogP contribution is -2.14. The van der Waals surface area contributed by atoms with Gasteiger partial charge in [0.25, 0.3) is 0 Å². The van der Waals surface area contributed by atoms with Crippen molar-refractivity contribution in [2.24, 2.45) is 0 Å². The highest BCUT2D eigenvalue weighted by molar-refractivity contribution is 6.01. The van der Waals surface area contributed by atoms with Crippen molar-refractivity contribution in [2.75, 3.05) is 12.4 Å². The normalized spacial score (nSPS) is 10.2. The highest BCUT2D eigenvalue weighted by Gasteiger charge is 2.18. The van der Waals surface area contributed by atoms with E-state index < -0.39 is 0 Å². The summed E-state index contributed by atoms with van der Waals surface area (Å²) in [7, 11) is 1.50. The van der Waals surface area contributed by atoms with Crippen LogP contribution in [0.2, 0.25) is 0 Å². The van der Waals surface area contributed by atoms with Gasteiger partial charge in [0.15, 0.2) is 5.78 Å². The number of hydrogen-bond acceptors (Lipinski definition) is 5. The number of methoxy groups -OCH3 is 1. The van der Waals surface area contributed by atoms with Crippen LogP contribution in [0.15, 0.2) is 22.6 Å². The Balaban J connectivity index is 2.03. The first-order valence-electron chi connectivity index (χ1n) is 7.85. The Labute approximate surface area is 146 Å². The third-order valence-corrected chi connectivity index (χ3v) is 3.98. The summed E-state index contributed by atoms with van der Waals surface area (Å²) in [6.45, 7) is 5.36. The van der Waals surface area contributed by atoms with Gasteiger partial charge in [-0.05, 0) is 32.9 Å². The van der Waals surface area contributed by atoms with Crippen LogP contribution < -0.4 is 10.1 Å². The van der Waals surface area contributed by atoms with Crippen LogP contribution in [0.1, 0.15) is 45.7 Å². The van der Waals surface area contributed by atoms with E-state index in [1.54, 1.807) is 26.0 Å². The Kier molecular flexibility index (Phi) is 5.60. The molecule has 2 rings (SSSR count). The first-order valence-corrected chi connectivity index (χ1v) is 7.85. The van der Waals surface area contributed by atoms with Gasteiger partial charge < -0.3 is 9.15 Å². The predicted molar refractivity (Wildman–Crippen MR) is 92.8 cm³/mol. The molecule has 2 aromatic rings. The van der Waals surface area contributed by atoms with E-state index in [1.807, 2.05) is 19.1 Å². The van der Waals surface area contributed by atoms with Crippen LogP contribution in [0.4, 0.5) is 5.88 Å². The Morgan fingerprint density at radius 3 is 2.60 bits per heavy atom. The minimum absolute atomic E-state index is 0.0143. The number of ether oxygens (including phenoxy) is 1. The van der Waals surface area contributed by atoms with Crippen molar-refractivity contribution in [1.82, 2.24) is 0 Å². The van der Waals surface area contributed by atoms with E-state index in [-0.39, 0.29) is 30.4 Å². The SMILES string of the molecule is COc1ccc(C)cc1C(=O)CCC(=O)Nc1oc(C)c(C)c1C#N. The van der Waals surface area contributed by atoms with Crippen LogP contribution in [0.5, 0.6) is 5.75 Å². The summed E-state index contributed by atoms with van der Waals surface area (Å²) in [6.07, 6.45) is 0.0196. The zero-order valence-electron chi connectivity index (χ0n) is 14.7. The molecular weight excluding hydrogens is 320 g/mol. The van der Waals surface area contributed by atoms with E-state index in [9.17, 15) is 9.59 Å². The molecule has 1 aromatic carbocycles. The number of ketones is 1. The Morgan fingerprint density at radius 2 is 1.96 bits per heavy atom. The van der Waals surface area contributed by atoms with Crippen LogP contribution in [-0.4, -0.2) is 18.8 Å². The molecule has 0 aliphatic carbocycles. The number of carbonyl (C=O) groups is 2. The van der Waals surface area contributed by atoms with Crippen molar-refractivity contribution in [1.29, 1.82) is 5.26 Å². The molecule has 0 unspecified atom stereocenters. The highest BCUT2D eigenvalue weighted by Crippen LogP contribution is 2.26. The van der Waals surface area contributed by atoms with E-state index in [0.29, 0.717) is 28.2 Å². The van der Waals surface area contributed by atoms with Crippen LogP contribution in [0.3, 0.4) is 0 Å². The smallest absolute Gasteiger partial charge is 0.227 e. The largest absolute Gasteiger partial charge is 0.496 e. The van der Waals surface area contributed by atoms with Crippen molar-refractivity contribution in [2.45, 2.75) is 33.6 Å². The molecule has 1 amide bonds. The fourth-order valence-electron chi connectivity index (χ4n) is 2.44. The highest BCUT2D eigenvalue weighted by atomic mass is 16.5. The second-order valence-electron chi connectivity index (χ2n) is 5.77. The molecule has 0 saturated heterocycles. The molecule has 0 aliphatic heterocycles. The maximum absolute atomic E-state index is 12.4. The average molecular weight is 340 g/mol. The summed E-state index contributed by atoms with van der Waals surface area (Å²) in [5.74, 6) is 0.629. The van der Waals surface area contributed by atoms with E-state index in [4.69, 9.17) is 14.4 Å². The number of amides is 1. The standard InChI is InChI=1S/C19H20N2O4/c1-11-5-7-17(24-4)14(9-11)16(22)6-8-18(23)21-19-15(10-20)12(2)13(3)25-19/h5,7,9H,6,8H2,1-4H3,(H,21,23). The number of nitriles is 1. The Hall–Kier alpha value is -3.07. The van der Waals surface area contributed by atoms with Crippen LogP contribution >= 0.6 is 0 Å². The molecule has 0 radical (unpaired) electrons. The molecule has 0 fully saturated rings. The molecule has 0 saturated carbocycles. The number of benzene rings is 1. The molecule has 25 heavy (non-hydrogen) atoms. The third-order valence-electron chi connectivity index (χ3n) is 3.98. The van der Waals surface area contributed by atoms with Gasteiger partial charge in [0.05, 0.1) is 12.7 Å². The van der Waals surface area contributed by atoms with E-state index in [1.165, 1.54) is 7.11 Å². The fraction of sp³-hybridized carbons (Fsp3) is 0.316. The quantitative estimate of drug-likeness (QED) is 0.810. The van der Waals surface area contributed by atoms with Crippen molar-refractivity contribution in [3.05, 3.63) is 46.2 Å². The maximum atomic E-state index is 12.4. The average Bonchev–Trinajstić information content (AvgIpc) is 2.85. The van der Waals surface area contributed by atoms with Crippen molar-refractivity contribution in [3.8, 4) is 11.8 Å². The Morgan fingerprint density at radius 1 is 1.24 bits per heavy atom. The van der Waals surface area contributed by atoms with E-state index in [0.717, 1.165) is 5.56 Å². The van der Waals surface area contributed by atoms with Gasteiger partial charge in [0, 0.05) is 18.4 Å². The number of carbonyl (C=O) groups excluding carboxylic acids is 2.